The Kier molecular flexibility index (Phi) is 6.18. The summed E-state index contributed by atoms with van der Waals surface area (Å²) in [6.07, 6.45) is 0.301. The van der Waals surface area contributed by atoms with Gasteiger partial charge < -0.3 is 9.47 Å². The first-order chi connectivity index (χ1) is 15.8. The number of carbonyl (C=O) groups excluding carboxylic acids is 1. The van der Waals surface area contributed by atoms with Gasteiger partial charge in [-0.1, -0.05) is 24.3 Å². The molecule has 0 radical (unpaired) electrons. The van der Waals surface area contributed by atoms with Gasteiger partial charge >= 0.3 is 6.18 Å². The first kappa shape index (κ1) is 22.5. The SMILES string of the molecule is Cn1cnnc1CC1CC(C#N)C1.O=C1c2cccc(C(F)(F)F)c2CN1c1ccccc1. The third-order valence-electron chi connectivity index (χ3n) is 6.04. The Morgan fingerprint density at radius 1 is 1.12 bits per heavy atom. The molecule has 1 aliphatic heterocycles. The van der Waals surface area contributed by atoms with Crippen molar-refractivity contribution in [3.8, 4) is 6.07 Å². The molecule has 1 fully saturated rings. The Morgan fingerprint density at radius 3 is 2.45 bits per heavy atom. The number of benzene rings is 2. The number of hydrogen-bond donors (Lipinski definition) is 0. The van der Waals surface area contributed by atoms with Crippen LogP contribution < -0.4 is 4.90 Å². The number of aryl methyl sites for hydroxylation is 1. The van der Waals surface area contributed by atoms with Crippen molar-refractivity contribution in [2.75, 3.05) is 4.90 Å². The van der Waals surface area contributed by atoms with Crippen molar-refractivity contribution in [3.05, 3.63) is 77.4 Å². The summed E-state index contributed by atoms with van der Waals surface area (Å²) in [6.45, 7) is -0.0478. The standard InChI is InChI=1S/C15H10F3NO.C9H12N4/c16-15(17,18)13-8-4-7-11-12(13)9-19(14(11)20)10-5-2-1-3-6-10;1-13-6-11-12-9(13)4-7-2-8(3-7)5-10/h1-8H,9H2;6-8H,2-4H2,1H3. The highest BCUT2D eigenvalue weighted by molar-refractivity contribution is 6.10. The lowest BCUT2D eigenvalue weighted by atomic mass is 9.74. The number of carbonyl (C=O) groups is 1. The molecule has 0 bridgehead atoms. The van der Waals surface area contributed by atoms with E-state index < -0.39 is 17.6 Å². The van der Waals surface area contributed by atoms with Gasteiger partial charge in [-0.25, -0.2) is 0 Å². The van der Waals surface area contributed by atoms with E-state index in [1.165, 1.54) is 17.0 Å². The molecular weight excluding hydrogens is 431 g/mol. The lowest BCUT2D eigenvalue weighted by Gasteiger charge is -2.29. The normalized spacial score (nSPS) is 19.2. The quantitative estimate of drug-likeness (QED) is 0.572. The number of alkyl halides is 3. The molecule has 2 heterocycles. The minimum absolute atomic E-state index is 0.0478. The van der Waals surface area contributed by atoms with Crippen LogP contribution in [0.15, 0.2) is 54.9 Å². The van der Waals surface area contributed by atoms with E-state index in [-0.39, 0.29) is 17.7 Å². The van der Waals surface area contributed by atoms with Gasteiger partial charge in [0.05, 0.1) is 18.2 Å². The predicted octanol–water partition coefficient (Wildman–Crippen LogP) is 4.77. The molecule has 1 amide bonds. The average Bonchev–Trinajstić information content (AvgIpc) is 3.33. The fourth-order valence-electron chi connectivity index (χ4n) is 4.17. The maximum Gasteiger partial charge on any atom is 0.416 e. The number of anilines is 1. The molecule has 9 heteroatoms. The summed E-state index contributed by atoms with van der Waals surface area (Å²) < 4.78 is 40.9. The fraction of sp³-hybridized carbons (Fsp3) is 0.333. The highest BCUT2D eigenvalue weighted by atomic mass is 19.4. The lowest BCUT2D eigenvalue weighted by molar-refractivity contribution is -0.138. The molecule has 33 heavy (non-hydrogen) atoms. The van der Waals surface area contributed by atoms with E-state index in [0.29, 0.717) is 17.5 Å². The second-order valence-electron chi connectivity index (χ2n) is 8.28. The molecule has 1 saturated carbocycles. The van der Waals surface area contributed by atoms with Crippen LogP contribution in [0.1, 0.15) is 40.2 Å². The number of aromatic nitrogens is 3. The van der Waals surface area contributed by atoms with Gasteiger partial charge in [0, 0.05) is 30.6 Å². The van der Waals surface area contributed by atoms with E-state index in [4.69, 9.17) is 5.26 Å². The van der Waals surface area contributed by atoms with Gasteiger partial charge in [-0.3, -0.25) is 4.79 Å². The Labute approximate surface area is 189 Å². The first-order valence-electron chi connectivity index (χ1n) is 10.6. The van der Waals surface area contributed by atoms with Crippen LogP contribution in [-0.2, 0) is 26.2 Å². The van der Waals surface area contributed by atoms with Crippen LogP contribution in [0.2, 0.25) is 0 Å². The third-order valence-corrected chi connectivity index (χ3v) is 6.04. The average molecular weight is 453 g/mol. The molecule has 1 aromatic heterocycles. The van der Waals surface area contributed by atoms with Crippen molar-refractivity contribution in [1.29, 1.82) is 5.26 Å². The van der Waals surface area contributed by atoms with E-state index >= 15 is 0 Å². The smallest absolute Gasteiger partial charge is 0.321 e. The van der Waals surface area contributed by atoms with E-state index in [1.807, 2.05) is 11.6 Å². The van der Waals surface area contributed by atoms with Crippen molar-refractivity contribution >= 4 is 11.6 Å². The van der Waals surface area contributed by atoms with Crippen LogP contribution in [0.25, 0.3) is 0 Å². The second kappa shape index (κ2) is 9.06. The van der Waals surface area contributed by atoms with Crippen molar-refractivity contribution in [2.24, 2.45) is 18.9 Å². The molecule has 1 aliphatic carbocycles. The van der Waals surface area contributed by atoms with E-state index in [9.17, 15) is 18.0 Å². The van der Waals surface area contributed by atoms with E-state index in [1.54, 1.807) is 36.7 Å². The maximum absolute atomic E-state index is 13.0. The van der Waals surface area contributed by atoms with Gasteiger partial charge in [0.25, 0.3) is 5.91 Å². The fourth-order valence-corrected chi connectivity index (χ4v) is 4.17. The zero-order valence-electron chi connectivity index (χ0n) is 18.0. The Balaban J connectivity index is 0.000000172. The Hall–Kier alpha value is -3.67. The third kappa shape index (κ3) is 4.75. The molecular formula is C24H22F3N5O. The Morgan fingerprint density at radius 2 is 1.85 bits per heavy atom. The van der Waals surface area contributed by atoms with Gasteiger partial charge in [-0.05, 0) is 48.6 Å². The number of nitriles is 1. The summed E-state index contributed by atoms with van der Waals surface area (Å²) in [5.74, 6) is 1.57. The van der Waals surface area contributed by atoms with Crippen LogP contribution >= 0.6 is 0 Å². The van der Waals surface area contributed by atoms with E-state index in [2.05, 4.69) is 16.3 Å². The van der Waals surface area contributed by atoms with Crippen molar-refractivity contribution < 1.29 is 18.0 Å². The number of halogens is 3. The second-order valence-corrected chi connectivity index (χ2v) is 8.28. The Bertz CT molecular complexity index is 1180. The van der Waals surface area contributed by atoms with Gasteiger partial charge in [0.2, 0.25) is 0 Å². The zero-order valence-corrected chi connectivity index (χ0v) is 18.0. The summed E-state index contributed by atoms with van der Waals surface area (Å²) >= 11 is 0. The summed E-state index contributed by atoms with van der Waals surface area (Å²) in [5, 5.41) is 16.4. The zero-order chi connectivity index (χ0) is 23.6. The highest BCUT2D eigenvalue weighted by Crippen LogP contribution is 2.38. The largest absolute Gasteiger partial charge is 0.416 e. The van der Waals surface area contributed by atoms with Crippen molar-refractivity contribution in [2.45, 2.75) is 32.0 Å². The van der Waals surface area contributed by atoms with Crippen LogP contribution in [0.3, 0.4) is 0 Å². The number of nitrogens with zero attached hydrogens (tertiary/aromatic N) is 5. The number of amides is 1. The molecule has 0 spiro atoms. The highest BCUT2D eigenvalue weighted by Gasteiger charge is 2.39. The monoisotopic (exact) mass is 453 g/mol. The van der Waals surface area contributed by atoms with Gasteiger partial charge in [0.15, 0.2) is 0 Å². The summed E-state index contributed by atoms with van der Waals surface area (Å²) in [5.41, 5.74) is 0.0427. The molecule has 2 aromatic carbocycles. The van der Waals surface area contributed by atoms with Crippen LogP contribution in [0, 0.1) is 23.2 Å². The molecule has 0 saturated heterocycles. The molecule has 5 rings (SSSR count). The summed E-state index contributed by atoms with van der Waals surface area (Å²) in [4.78, 5) is 13.6. The topological polar surface area (TPSA) is 74.8 Å². The van der Waals surface area contributed by atoms with Crippen LogP contribution in [0.5, 0.6) is 0 Å². The van der Waals surface area contributed by atoms with Crippen molar-refractivity contribution in [3.63, 3.8) is 0 Å². The van der Waals surface area contributed by atoms with Crippen LogP contribution in [-0.4, -0.2) is 20.7 Å². The number of para-hydroxylation sites is 1. The molecule has 170 valence electrons. The lowest BCUT2D eigenvalue weighted by Crippen LogP contribution is -2.25. The molecule has 0 unspecified atom stereocenters. The minimum atomic E-state index is -4.45. The molecule has 6 nitrogen and oxygen atoms in total. The predicted molar refractivity (Wildman–Crippen MR) is 115 cm³/mol. The molecule has 3 aromatic rings. The number of fused-ring (bicyclic) bond motifs is 1. The van der Waals surface area contributed by atoms with Crippen molar-refractivity contribution in [1.82, 2.24) is 14.8 Å². The van der Waals surface area contributed by atoms with Gasteiger partial charge in [-0.2, -0.15) is 18.4 Å². The van der Waals surface area contributed by atoms with Gasteiger partial charge in [0.1, 0.15) is 12.2 Å². The summed E-state index contributed by atoms with van der Waals surface area (Å²) in [7, 11) is 1.95. The number of rotatable bonds is 3. The first-order valence-corrected chi connectivity index (χ1v) is 10.6. The maximum atomic E-state index is 13.0. The van der Waals surface area contributed by atoms with Crippen LogP contribution in [0.4, 0.5) is 18.9 Å². The molecule has 0 atom stereocenters. The molecule has 2 aliphatic rings. The van der Waals surface area contributed by atoms with Gasteiger partial charge in [-0.15, -0.1) is 10.2 Å². The van der Waals surface area contributed by atoms with E-state index in [0.717, 1.165) is 31.2 Å². The summed E-state index contributed by atoms with van der Waals surface area (Å²) in [6, 6.07) is 14.7. The molecule has 0 N–H and O–H groups in total. The number of hydrogen-bond acceptors (Lipinski definition) is 4. The minimum Gasteiger partial charge on any atom is -0.321 e.